The molecule has 1 heterocycles. The molecule has 7 atom stereocenters. The first-order chi connectivity index (χ1) is 20.7. The lowest BCUT2D eigenvalue weighted by molar-refractivity contribution is -0.132. The minimum Gasteiger partial charge on any atom is -0.375 e. The van der Waals surface area contributed by atoms with Crippen LogP contribution in [0, 0.1) is 52.8 Å². The highest BCUT2D eigenvalue weighted by Gasteiger charge is 2.50. The van der Waals surface area contributed by atoms with Crippen molar-refractivity contribution in [3.05, 3.63) is 47.1 Å². The van der Waals surface area contributed by atoms with Gasteiger partial charge in [0.25, 0.3) is 0 Å². The molecule has 1 aliphatic heterocycles. The fourth-order valence-corrected chi connectivity index (χ4v) is 9.65. The molecular weight excluding hydrogens is 524 g/mol. The number of Topliss-reactive ketones (excluding diaryl/α,β-unsaturated/α-hetero) is 1. The molecule has 0 spiro atoms. The van der Waals surface area contributed by atoms with Crippen molar-refractivity contribution in [2.24, 2.45) is 52.8 Å². The fraction of sp³-hybridized carbons (Fsp3) is 0.780. The number of ether oxygens (including phenoxy) is 1. The van der Waals surface area contributed by atoms with Crippen LogP contribution in [0.5, 0.6) is 0 Å². The van der Waals surface area contributed by atoms with Gasteiger partial charge >= 0.3 is 0 Å². The molecule has 0 aromatic rings. The molecule has 5 aliphatic carbocycles. The number of ketones is 1. The Hall–Kier alpha value is -1.41. The van der Waals surface area contributed by atoms with Gasteiger partial charge in [-0.25, -0.2) is 0 Å². The first-order valence-corrected chi connectivity index (χ1v) is 18.7. The molecule has 0 amide bonds. The summed E-state index contributed by atoms with van der Waals surface area (Å²) in [6, 6.07) is 0. The summed E-state index contributed by atoms with van der Waals surface area (Å²) in [5.74, 6) is 5.98. The highest BCUT2D eigenvalue weighted by molar-refractivity contribution is 5.89. The van der Waals surface area contributed by atoms with Crippen LogP contribution >= 0.6 is 0 Å². The van der Waals surface area contributed by atoms with Crippen LogP contribution in [0.1, 0.15) is 137 Å². The zero-order chi connectivity index (χ0) is 30.2. The second-order valence-electron chi connectivity index (χ2n) is 16.4. The van der Waals surface area contributed by atoms with Crippen molar-refractivity contribution in [3.8, 4) is 0 Å². The van der Waals surface area contributed by atoms with E-state index in [1.807, 2.05) is 0 Å². The fourth-order valence-electron chi connectivity index (χ4n) is 9.65. The largest absolute Gasteiger partial charge is 0.375 e. The van der Waals surface area contributed by atoms with E-state index in [1.165, 1.54) is 70.6 Å². The summed E-state index contributed by atoms with van der Waals surface area (Å²) in [6.45, 7) is 12.6. The predicted octanol–water partition coefficient (Wildman–Crippen LogP) is 11.0. The molecule has 43 heavy (non-hydrogen) atoms. The van der Waals surface area contributed by atoms with Crippen LogP contribution < -0.4 is 0 Å². The van der Waals surface area contributed by atoms with Crippen LogP contribution in [-0.2, 0) is 9.53 Å². The smallest absolute Gasteiger partial charge is 0.142 e. The molecule has 3 saturated carbocycles. The molecule has 0 bridgehead atoms. The summed E-state index contributed by atoms with van der Waals surface area (Å²) in [5.41, 5.74) is 4.98. The SMILES string of the molecule is CCC1=C(CCCC2(CC)CC(C3CCC(C)(C(=O)C4CC4C)CC3)CO2)C=CC(C2CC=CC(C)CC2)C(C2CC2)=C1. The van der Waals surface area contributed by atoms with Crippen LogP contribution in [0.15, 0.2) is 47.1 Å². The van der Waals surface area contributed by atoms with E-state index in [-0.39, 0.29) is 11.0 Å². The number of hydrogen-bond donors (Lipinski definition) is 0. The average Bonchev–Trinajstić information content (AvgIpc) is 3.93. The molecule has 0 aromatic heterocycles. The second-order valence-corrected chi connectivity index (χ2v) is 16.4. The first kappa shape index (κ1) is 31.6. The van der Waals surface area contributed by atoms with Crippen molar-refractivity contribution >= 4 is 5.78 Å². The Bertz CT molecular complexity index is 1120. The van der Waals surface area contributed by atoms with Crippen LogP contribution in [-0.4, -0.2) is 18.0 Å². The Kier molecular flexibility index (Phi) is 9.64. The standard InChI is InChI=1S/C41H62O2/c1-6-30-25-38(34-15-16-34)36(33-11-8-10-28(3)13-14-33)18-17-31(30)12-9-21-41(7-2)26-35(27-43-41)32-19-22-40(5,23-20-32)39(42)37-24-29(37)4/h8,10,17-18,25,28-29,32-37H,6-7,9,11-16,19-24,26-27H2,1-5H3. The zero-order valence-electron chi connectivity index (χ0n) is 28.3. The summed E-state index contributed by atoms with van der Waals surface area (Å²) >= 11 is 0. The Morgan fingerprint density at radius 3 is 2.40 bits per heavy atom. The number of allylic oxidation sites excluding steroid dienone is 8. The predicted molar refractivity (Wildman–Crippen MR) is 180 cm³/mol. The van der Waals surface area contributed by atoms with E-state index in [1.54, 1.807) is 16.7 Å². The lowest BCUT2D eigenvalue weighted by Crippen LogP contribution is -2.36. The number of carbonyl (C=O) groups excluding carboxylic acids is 1. The van der Waals surface area contributed by atoms with Gasteiger partial charge in [0, 0.05) is 17.3 Å². The Morgan fingerprint density at radius 2 is 1.72 bits per heavy atom. The number of hydrogen-bond acceptors (Lipinski definition) is 2. The Labute approximate surface area is 264 Å². The van der Waals surface area contributed by atoms with Gasteiger partial charge in [-0.05, 0) is 149 Å². The average molecular weight is 587 g/mol. The molecule has 4 fully saturated rings. The molecule has 7 unspecified atom stereocenters. The summed E-state index contributed by atoms with van der Waals surface area (Å²) in [7, 11) is 0. The highest BCUT2D eigenvalue weighted by atomic mass is 16.5. The minimum atomic E-state index is -0.0532. The number of rotatable bonds is 11. The maximum atomic E-state index is 13.1. The molecule has 1 saturated heterocycles. The zero-order valence-corrected chi connectivity index (χ0v) is 28.3. The van der Waals surface area contributed by atoms with Crippen LogP contribution in [0.25, 0.3) is 0 Å². The molecule has 0 radical (unpaired) electrons. The van der Waals surface area contributed by atoms with E-state index in [0.717, 1.165) is 62.4 Å². The van der Waals surface area contributed by atoms with Crippen molar-refractivity contribution < 1.29 is 9.53 Å². The summed E-state index contributed by atoms with van der Waals surface area (Å²) < 4.78 is 6.74. The third kappa shape index (κ3) is 7.05. The van der Waals surface area contributed by atoms with Gasteiger partial charge in [-0.15, -0.1) is 0 Å². The molecule has 2 heteroatoms. The lowest BCUT2D eigenvalue weighted by Gasteiger charge is -2.38. The van der Waals surface area contributed by atoms with E-state index in [4.69, 9.17) is 4.74 Å². The minimum absolute atomic E-state index is 0.0532. The van der Waals surface area contributed by atoms with Gasteiger partial charge in [0.05, 0.1) is 12.2 Å². The molecule has 2 nitrogen and oxygen atoms in total. The maximum Gasteiger partial charge on any atom is 0.142 e. The van der Waals surface area contributed by atoms with Gasteiger partial charge in [0.1, 0.15) is 5.78 Å². The van der Waals surface area contributed by atoms with Crippen molar-refractivity contribution in [1.29, 1.82) is 0 Å². The van der Waals surface area contributed by atoms with Gasteiger partial charge in [-0.1, -0.05) is 70.6 Å². The van der Waals surface area contributed by atoms with Gasteiger partial charge in [0.2, 0.25) is 0 Å². The van der Waals surface area contributed by atoms with Crippen molar-refractivity contribution in [1.82, 2.24) is 0 Å². The van der Waals surface area contributed by atoms with Gasteiger partial charge in [-0.2, -0.15) is 0 Å². The quantitative estimate of drug-likeness (QED) is 0.225. The Morgan fingerprint density at radius 1 is 0.953 bits per heavy atom. The van der Waals surface area contributed by atoms with Gasteiger partial charge < -0.3 is 4.74 Å². The van der Waals surface area contributed by atoms with E-state index >= 15 is 0 Å². The van der Waals surface area contributed by atoms with Crippen LogP contribution in [0.3, 0.4) is 0 Å². The topological polar surface area (TPSA) is 26.3 Å². The highest BCUT2D eigenvalue weighted by Crippen LogP contribution is 2.52. The van der Waals surface area contributed by atoms with Gasteiger partial charge in [0.15, 0.2) is 0 Å². The van der Waals surface area contributed by atoms with E-state index in [2.05, 4.69) is 65.0 Å². The molecule has 0 aromatic carbocycles. The molecule has 238 valence electrons. The Balaban J connectivity index is 1.05. The second kappa shape index (κ2) is 13.1. The number of carbonyl (C=O) groups is 1. The lowest BCUT2D eigenvalue weighted by atomic mass is 9.65. The van der Waals surface area contributed by atoms with Crippen molar-refractivity contribution in [3.63, 3.8) is 0 Å². The molecule has 6 rings (SSSR count). The van der Waals surface area contributed by atoms with Crippen molar-refractivity contribution in [2.75, 3.05) is 6.61 Å². The first-order valence-electron chi connectivity index (χ1n) is 18.7. The van der Waals surface area contributed by atoms with Crippen LogP contribution in [0.4, 0.5) is 0 Å². The normalized spacial score (nSPS) is 41.6. The maximum absolute atomic E-state index is 13.1. The monoisotopic (exact) mass is 586 g/mol. The van der Waals surface area contributed by atoms with E-state index in [0.29, 0.717) is 29.5 Å². The summed E-state index contributed by atoms with van der Waals surface area (Å²) in [4.78, 5) is 13.1. The molecule has 0 N–H and O–H groups in total. The third-order valence-corrected chi connectivity index (χ3v) is 13.3. The van der Waals surface area contributed by atoms with Crippen molar-refractivity contribution in [2.45, 2.75) is 143 Å². The van der Waals surface area contributed by atoms with Gasteiger partial charge in [-0.3, -0.25) is 4.79 Å². The summed E-state index contributed by atoms with van der Waals surface area (Å²) in [5, 5.41) is 0. The van der Waals surface area contributed by atoms with Crippen LogP contribution in [0.2, 0.25) is 0 Å². The third-order valence-electron chi connectivity index (χ3n) is 13.3. The van der Waals surface area contributed by atoms with E-state index < -0.39 is 0 Å². The van der Waals surface area contributed by atoms with E-state index in [9.17, 15) is 4.79 Å². The molecular formula is C41H62O2. The molecule has 6 aliphatic rings. The summed E-state index contributed by atoms with van der Waals surface area (Å²) in [6.07, 6.45) is 32.4.